The Morgan fingerprint density at radius 1 is 1.38 bits per heavy atom. The predicted molar refractivity (Wildman–Crippen MR) is 47.3 cm³/mol. The molecule has 2 fully saturated rings. The Bertz CT molecular complexity index is 202. The van der Waals surface area contributed by atoms with E-state index in [2.05, 4.69) is 0 Å². The van der Waals surface area contributed by atoms with Crippen LogP contribution in [0.4, 0.5) is 0 Å². The molecule has 2 aliphatic rings. The van der Waals surface area contributed by atoms with Crippen molar-refractivity contribution in [3.05, 3.63) is 0 Å². The number of carbonyl (C=O) groups is 1. The van der Waals surface area contributed by atoms with E-state index in [0.29, 0.717) is 12.0 Å². The highest BCUT2D eigenvalue weighted by molar-refractivity contribution is 5.66. The first kappa shape index (κ1) is 9.00. The lowest BCUT2D eigenvalue weighted by Crippen LogP contribution is -2.38. The van der Waals surface area contributed by atoms with Gasteiger partial charge in [-0.2, -0.15) is 0 Å². The number of hydrogen-bond donors (Lipinski definition) is 0. The van der Waals surface area contributed by atoms with E-state index in [4.69, 9.17) is 9.47 Å². The van der Waals surface area contributed by atoms with E-state index in [1.54, 1.807) is 0 Å². The fourth-order valence-electron chi connectivity index (χ4n) is 2.50. The molecular weight excluding hydrogens is 168 g/mol. The van der Waals surface area contributed by atoms with Gasteiger partial charge >= 0.3 is 5.97 Å². The third kappa shape index (κ3) is 1.85. The molecule has 3 atom stereocenters. The van der Waals surface area contributed by atoms with Gasteiger partial charge in [-0.25, -0.2) is 0 Å². The van der Waals surface area contributed by atoms with Crippen LogP contribution in [0.25, 0.3) is 0 Å². The van der Waals surface area contributed by atoms with E-state index in [-0.39, 0.29) is 12.1 Å². The highest BCUT2D eigenvalue weighted by Crippen LogP contribution is 2.36. The molecule has 2 rings (SSSR count). The number of esters is 1. The van der Waals surface area contributed by atoms with Crippen LogP contribution in [0, 0.1) is 5.92 Å². The highest BCUT2D eigenvalue weighted by Gasteiger charge is 2.39. The summed E-state index contributed by atoms with van der Waals surface area (Å²) in [4.78, 5) is 10.8. The second-order valence-electron chi connectivity index (χ2n) is 3.94. The second-order valence-corrected chi connectivity index (χ2v) is 3.94. The molecule has 1 heterocycles. The fraction of sp³-hybridized carbons (Fsp3) is 0.900. The Labute approximate surface area is 78.4 Å². The fourth-order valence-corrected chi connectivity index (χ4v) is 2.50. The Morgan fingerprint density at radius 3 is 3.00 bits per heavy atom. The van der Waals surface area contributed by atoms with Gasteiger partial charge in [0.15, 0.2) is 0 Å². The maximum absolute atomic E-state index is 10.8. The molecule has 3 nitrogen and oxygen atoms in total. The first-order chi connectivity index (χ1) is 6.27. The smallest absolute Gasteiger partial charge is 0.302 e. The van der Waals surface area contributed by atoms with Crippen LogP contribution in [0.2, 0.25) is 0 Å². The van der Waals surface area contributed by atoms with Gasteiger partial charge in [0.05, 0.1) is 12.7 Å². The van der Waals surface area contributed by atoms with E-state index in [1.165, 1.54) is 13.3 Å². The van der Waals surface area contributed by atoms with Crippen LogP contribution in [0.5, 0.6) is 0 Å². The molecule has 0 N–H and O–H groups in total. The molecule has 0 aromatic carbocycles. The van der Waals surface area contributed by atoms with Crippen LogP contribution in [-0.2, 0) is 14.3 Å². The van der Waals surface area contributed by atoms with Gasteiger partial charge in [-0.05, 0) is 12.8 Å². The van der Waals surface area contributed by atoms with Crippen molar-refractivity contribution < 1.29 is 14.3 Å². The lowest BCUT2D eigenvalue weighted by molar-refractivity contribution is -0.159. The average Bonchev–Trinajstić information content (AvgIpc) is 2.51. The van der Waals surface area contributed by atoms with Crippen molar-refractivity contribution in [2.75, 3.05) is 6.61 Å². The van der Waals surface area contributed by atoms with Crippen molar-refractivity contribution >= 4 is 5.97 Å². The molecule has 0 aromatic heterocycles. The summed E-state index contributed by atoms with van der Waals surface area (Å²) in [6, 6.07) is 0. The summed E-state index contributed by atoms with van der Waals surface area (Å²) in [7, 11) is 0. The minimum atomic E-state index is -0.155. The van der Waals surface area contributed by atoms with E-state index < -0.39 is 0 Å². The van der Waals surface area contributed by atoms with Crippen molar-refractivity contribution in [3.8, 4) is 0 Å². The second kappa shape index (κ2) is 3.66. The lowest BCUT2D eigenvalue weighted by Gasteiger charge is -2.33. The summed E-state index contributed by atoms with van der Waals surface area (Å²) >= 11 is 0. The maximum atomic E-state index is 10.8. The Morgan fingerprint density at radius 2 is 2.23 bits per heavy atom. The standard InChI is InChI=1S/C10H16O3/c1-7(11)13-10-5-6-12-9-4-2-3-8(9)10/h8-10H,2-6H2,1H3/t8-,9+,10+/m0/s1. The van der Waals surface area contributed by atoms with Crippen molar-refractivity contribution in [1.29, 1.82) is 0 Å². The van der Waals surface area contributed by atoms with Gasteiger partial charge in [-0.1, -0.05) is 6.42 Å². The minimum absolute atomic E-state index is 0.124. The molecular formula is C10H16O3. The van der Waals surface area contributed by atoms with E-state index in [0.717, 1.165) is 25.9 Å². The Hall–Kier alpha value is -0.570. The molecule has 3 heteroatoms. The minimum Gasteiger partial charge on any atom is -0.462 e. The zero-order chi connectivity index (χ0) is 9.26. The zero-order valence-corrected chi connectivity index (χ0v) is 7.99. The molecule has 1 aliphatic heterocycles. The largest absolute Gasteiger partial charge is 0.462 e. The summed E-state index contributed by atoms with van der Waals surface area (Å²) in [5, 5.41) is 0. The van der Waals surface area contributed by atoms with Crippen molar-refractivity contribution in [1.82, 2.24) is 0 Å². The molecule has 0 spiro atoms. The first-order valence-electron chi connectivity index (χ1n) is 5.06. The topological polar surface area (TPSA) is 35.5 Å². The van der Waals surface area contributed by atoms with Crippen molar-refractivity contribution in [3.63, 3.8) is 0 Å². The summed E-state index contributed by atoms with van der Waals surface area (Å²) in [6.45, 7) is 2.23. The lowest BCUT2D eigenvalue weighted by atomic mass is 9.94. The molecule has 13 heavy (non-hydrogen) atoms. The Kier molecular flexibility index (Phi) is 2.54. The third-order valence-corrected chi connectivity index (χ3v) is 3.03. The Balaban J connectivity index is 1.97. The maximum Gasteiger partial charge on any atom is 0.302 e. The van der Waals surface area contributed by atoms with Gasteiger partial charge in [0, 0.05) is 19.3 Å². The summed E-state index contributed by atoms with van der Waals surface area (Å²) in [5.74, 6) is 0.315. The predicted octanol–water partition coefficient (Wildman–Crippen LogP) is 1.51. The van der Waals surface area contributed by atoms with Gasteiger partial charge < -0.3 is 9.47 Å². The number of rotatable bonds is 1. The SMILES string of the molecule is CC(=O)O[C@@H]1CCO[C@@H]2CCC[C@@H]21. The van der Waals surface area contributed by atoms with Crippen molar-refractivity contribution in [2.45, 2.75) is 44.8 Å². The van der Waals surface area contributed by atoms with Gasteiger partial charge in [-0.3, -0.25) is 4.79 Å². The van der Waals surface area contributed by atoms with Crippen LogP contribution in [0.1, 0.15) is 32.6 Å². The molecule has 1 saturated heterocycles. The number of carbonyl (C=O) groups excluding carboxylic acids is 1. The molecule has 0 aromatic rings. The van der Waals surface area contributed by atoms with Gasteiger partial charge in [0.1, 0.15) is 6.10 Å². The van der Waals surface area contributed by atoms with Gasteiger partial charge in [0.2, 0.25) is 0 Å². The molecule has 74 valence electrons. The monoisotopic (exact) mass is 184 g/mol. The molecule has 1 aliphatic carbocycles. The molecule has 0 bridgehead atoms. The van der Waals surface area contributed by atoms with Crippen LogP contribution in [-0.4, -0.2) is 24.8 Å². The molecule has 1 saturated carbocycles. The quantitative estimate of drug-likeness (QED) is 0.579. The van der Waals surface area contributed by atoms with E-state index in [9.17, 15) is 4.79 Å². The first-order valence-corrected chi connectivity index (χ1v) is 5.06. The van der Waals surface area contributed by atoms with Crippen molar-refractivity contribution in [2.24, 2.45) is 5.92 Å². The molecule has 0 amide bonds. The summed E-state index contributed by atoms with van der Waals surface area (Å²) in [5.41, 5.74) is 0. The van der Waals surface area contributed by atoms with Gasteiger partial charge in [0.25, 0.3) is 0 Å². The van der Waals surface area contributed by atoms with Crippen LogP contribution in [0.15, 0.2) is 0 Å². The van der Waals surface area contributed by atoms with E-state index >= 15 is 0 Å². The summed E-state index contributed by atoms with van der Waals surface area (Å²) < 4.78 is 10.9. The third-order valence-electron chi connectivity index (χ3n) is 3.03. The van der Waals surface area contributed by atoms with E-state index in [1.807, 2.05) is 0 Å². The molecule has 0 unspecified atom stereocenters. The highest BCUT2D eigenvalue weighted by atomic mass is 16.6. The van der Waals surface area contributed by atoms with Crippen LogP contribution < -0.4 is 0 Å². The zero-order valence-electron chi connectivity index (χ0n) is 7.99. The average molecular weight is 184 g/mol. The molecule has 0 radical (unpaired) electrons. The number of hydrogen-bond acceptors (Lipinski definition) is 3. The normalized spacial score (nSPS) is 38.4. The number of fused-ring (bicyclic) bond motifs is 1. The summed E-state index contributed by atoms with van der Waals surface area (Å²) in [6.07, 6.45) is 4.87. The van der Waals surface area contributed by atoms with Crippen LogP contribution in [0.3, 0.4) is 0 Å². The van der Waals surface area contributed by atoms with Crippen LogP contribution >= 0.6 is 0 Å². The van der Waals surface area contributed by atoms with Gasteiger partial charge in [-0.15, -0.1) is 0 Å². The number of ether oxygens (including phenoxy) is 2.